The Hall–Kier alpha value is -2.65. The van der Waals surface area contributed by atoms with E-state index in [0.29, 0.717) is 0 Å². The van der Waals surface area contributed by atoms with Gasteiger partial charge >= 0.3 is 12.1 Å². The van der Waals surface area contributed by atoms with Crippen LogP contribution in [0.3, 0.4) is 0 Å². The van der Waals surface area contributed by atoms with Gasteiger partial charge in [-0.05, 0) is 12.1 Å². The van der Waals surface area contributed by atoms with Crippen LogP contribution in [0.25, 0.3) is 0 Å². The second-order valence-electron chi connectivity index (χ2n) is 5.74. The molecule has 1 N–H and O–H groups in total. The molecule has 0 radical (unpaired) electrons. The maximum absolute atomic E-state index is 13.1. The van der Waals surface area contributed by atoms with Gasteiger partial charge in [-0.25, -0.2) is 0 Å². The van der Waals surface area contributed by atoms with Crippen LogP contribution < -0.4 is 4.90 Å². The summed E-state index contributed by atoms with van der Waals surface area (Å²) < 4.78 is 39.2. The first kappa shape index (κ1) is 18.7. The maximum atomic E-state index is 13.1. The fourth-order valence-electron chi connectivity index (χ4n) is 2.90. The molecule has 1 aliphatic heterocycles. The molecule has 0 aliphatic carbocycles. The van der Waals surface area contributed by atoms with Gasteiger partial charge in [0, 0.05) is 31.1 Å². The summed E-state index contributed by atoms with van der Waals surface area (Å²) in [6.07, 6.45) is -4.61. The van der Waals surface area contributed by atoms with E-state index in [-0.39, 0.29) is 23.5 Å². The summed E-state index contributed by atoms with van der Waals surface area (Å²) in [6, 6.07) is 3.50. The highest BCUT2D eigenvalue weighted by molar-refractivity contribution is 5.97. The molecule has 1 fully saturated rings. The number of Topliss-reactive ketones (excluding diaryl/α,β-unsaturated/α-hetero) is 1. The van der Waals surface area contributed by atoms with Crippen molar-refractivity contribution in [2.24, 2.45) is 11.8 Å². The third-order valence-corrected chi connectivity index (χ3v) is 4.21. The molecule has 2 atom stereocenters. The Bertz CT molecular complexity index is 720. The molecule has 1 aliphatic rings. The first-order valence-electron chi connectivity index (χ1n) is 7.42. The average molecular weight is 360 g/mol. The van der Waals surface area contributed by atoms with Gasteiger partial charge in [0.15, 0.2) is 5.78 Å². The second kappa shape index (κ2) is 6.69. The molecular weight excluding hydrogens is 345 g/mol. The predicted octanol–water partition coefficient (Wildman–Crippen LogP) is 2.89. The Morgan fingerprint density at radius 2 is 2.00 bits per heavy atom. The summed E-state index contributed by atoms with van der Waals surface area (Å²) in [5.41, 5.74) is -0.568. The lowest BCUT2D eigenvalue weighted by Gasteiger charge is -2.19. The number of alkyl halides is 3. The van der Waals surface area contributed by atoms with E-state index >= 15 is 0 Å². The molecule has 7 nitrogen and oxygen atoms in total. The van der Waals surface area contributed by atoms with Crippen molar-refractivity contribution in [3.8, 4) is 0 Å². The van der Waals surface area contributed by atoms with Crippen LogP contribution in [0.1, 0.15) is 23.7 Å². The van der Waals surface area contributed by atoms with Crippen LogP contribution in [0.2, 0.25) is 0 Å². The lowest BCUT2D eigenvalue weighted by atomic mass is 9.96. The zero-order valence-electron chi connectivity index (χ0n) is 13.1. The van der Waals surface area contributed by atoms with Gasteiger partial charge < -0.3 is 10.0 Å². The highest BCUT2D eigenvalue weighted by Gasteiger charge is 2.53. The number of aliphatic carboxylic acids is 1. The smallest absolute Gasteiger partial charge is 0.394 e. The minimum atomic E-state index is -4.73. The lowest BCUT2D eigenvalue weighted by molar-refractivity contribution is -0.384. The molecule has 0 bridgehead atoms. The minimum Gasteiger partial charge on any atom is -0.481 e. The van der Waals surface area contributed by atoms with E-state index in [1.165, 1.54) is 12.1 Å². The fraction of sp³-hybridized carbons (Fsp3) is 0.467. The van der Waals surface area contributed by atoms with Gasteiger partial charge in [0.25, 0.3) is 5.69 Å². The number of anilines is 1. The van der Waals surface area contributed by atoms with Crippen LogP contribution in [-0.2, 0) is 4.79 Å². The molecule has 136 valence electrons. The molecule has 0 spiro atoms. The van der Waals surface area contributed by atoms with E-state index < -0.39 is 47.7 Å². The van der Waals surface area contributed by atoms with Crippen molar-refractivity contribution in [1.29, 1.82) is 0 Å². The van der Waals surface area contributed by atoms with Gasteiger partial charge in [0.05, 0.1) is 16.8 Å². The summed E-state index contributed by atoms with van der Waals surface area (Å²) >= 11 is 0. The minimum absolute atomic E-state index is 0.0827. The number of nitro groups is 1. The van der Waals surface area contributed by atoms with Crippen LogP contribution >= 0.6 is 0 Å². The number of halogens is 3. The van der Waals surface area contributed by atoms with Gasteiger partial charge in [-0.3, -0.25) is 19.7 Å². The summed E-state index contributed by atoms with van der Waals surface area (Å²) in [6.45, 7) is 0.387. The van der Waals surface area contributed by atoms with Crippen molar-refractivity contribution in [2.75, 3.05) is 18.0 Å². The number of carbonyl (C=O) groups is 2. The maximum Gasteiger partial charge on any atom is 0.394 e. The Labute approximate surface area is 140 Å². The monoisotopic (exact) mass is 360 g/mol. The SMILES string of the molecule is CCC(=O)c1ccc(N2C[C@@H](C(F)(F)F)[C@H](C(=O)O)C2)c([N+](=O)[O-])c1. The Balaban J connectivity index is 2.43. The molecule has 0 unspecified atom stereocenters. The largest absolute Gasteiger partial charge is 0.481 e. The summed E-state index contributed by atoms with van der Waals surface area (Å²) in [5, 5.41) is 20.3. The number of nitro benzene ring substituents is 1. The zero-order valence-corrected chi connectivity index (χ0v) is 13.1. The third kappa shape index (κ3) is 3.72. The molecule has 1 aromatic carbocycles. The van der Waals surface area contributed by atoms with Crippen molar-refractivity contribution in [2.45, 2.75) is 19.5 Å². The highest BCUT2D eigenvalue weighted by atomic mass is 19.4. The fourth-order valence-corrected chi connectivity index (χ4v) is 2.90. The number of hydrogen-bond acceptors (Lipinski definition) is 5. The third-order valence-electron chi connectivity index (χ3n) is 4.21. The van der Waals surface area contributed by atoms with Gasteiger partial charge in [-0.1, -0.05) is 6.92 Å². The number of benzene rings is 1. The Morgan fingerprint density at radius 3 is 2.44 bits per heavy atom. The zero-order chi connectivity index (χ0) is 18.9. The summed E-state index contributed by atoms with van der Waals surface area (Å²) in [4.78, 5) is 34.3. The van der Waals surface area contributed by atoms with Gasteiger partial charge in [0.2, 0.25) is 0 Å². The van der Waals surface area contributed by atoms with E-state index in [9.17, 15) is 32.9 Å². The highest BCUT2D eigenvalue weighted by Crippen LogP contribution is 2.41. The van der Waals surface area contributed by atoms with E-state index in [2.05, 4.69) is 0 Å². The standard InChI is InChI=1S/C15H15F3N2O5/c1-2-13(21)8-3-4-11(12(5-8)20(24)25)19-6-9(14(22)23)10(7-19)15(16,17)18/h3-5,9-10H,2,6-7H2,1H3,(H,22,23)/t9-,10-/m1/s1. The average Bonchev–Trinajstić information content (AvgIpc) is 2.99. The number of ketones is 1. The van der Waals surface area contributed by atoms with Crippen molar-refractivity contribution in [1.82, 2.24) is 0 Å². The molecular formula is C15H15F3N2O5. The molecule has 25 heavy (non-hydrogen) atoms. The topological polar surface area (TPSA) is 101 Å². The molecule has 2 rings (SSSR count). The van der Waals surface area contributed by atoms with Crippen LogP contribution in [0.15, 0.2) is 18.2 Å². The van der Waals surface area contributed by atoms with Crippen molar-refractivity contribution in [3.05, 3.63) is 33.9 Å². The molecule has 1 saturated heterocycles. The van der Waals surface area contributed by atoms with Crippen molar-refractivity contribution < 1.29 is 32.8 Å². The first-order valence-corrected chi connectivity index (χ1v) is 7.42. The van der Waals surface area contributed by atoms with Crippen LogP contribution in [-0.4, -0.2) is 41.0 Å². The van der Waals surface area contributed by atoms with Gasteiger partial charge in [-0.15, -0.1) is 0 Å². The second-order valence-corrected chi connectivity index (χ2v) is 5.74. The van der Waals surface area contributed by atoms with Crippen LogP contribution in [0.5, 0.6) is 0 Å². The molecule has 1 aromatic rings. The molecule has 10 heteroatoms. The number of hydrogen-bond donors (Lipinski definition) is 1. The van der Waals surface area contributed by atoms with Gasteiger partial charge in [0.1, 0.15) is 5.69 Å². The number of carboxylic acid groups (broad SMARTS) is 1. The van der Waals surface area contributed by atoms with E-state index in [1.807, 2.05) is 0 Å². The Kier molecular flexibility index (Phi) is 5.00. The van der Waals surface area contributed by atoms with Crippen molar-refractivity contribution in [3.63, 3.8) is 0 Å². The van der Waals surface area contributed by atoms with E-state index in [4.69, 9.17) is 5.11 Å². The number of nitrogens with zero attached hydrogens (tertiary/aromatic N) is 2. The lowest BCUT2D eigenvalue weighted by Crippen LogP contribution is -2.33. The molecule has 0 amide bonds. The number of carbonyl (C=O) groups excluding carboxylic acids is 1. The number of carboxylic acids is 1. The van der Waals surface area contributed by atoms with Crippen molar-refractivity contribution >= 4 is 23.1 Å². The number of rotatable bonds is 5. The van der Waals surface area contributed by atoms with Gasteiger partial charge in [-0.2, -0.15) is 13.2 Å². The Morgan fingerprint density at radius 1 is 1.36 bits per heavy atom. The summed E-state index contributed by atoms with van der Waals surface area (Å²) in [7, 11) is 0. The van der Waals surface area contributed by atoms with E-state index in [0.717, 1.165) is 11.0 Å². The molecule has 0 aromatic heterocycles. The predicted molar refractivity (Wildman–Crippen MR) is 80.6 cm³/mol. The first-order chi connectivity index (χ1) is 11.6. The summed E-state index contributed by atoms with van der Waals surface area (Å²) in [5.74, 6) is -5.78. The molecule has 1 heterocycles. The quantitative estimate of drug-likeness (QED) is 0.492. The van der Waals surface area contributed by atoms with E-state index in [1.54, 1.807) is 6.92 Å². The van der Waals surface area contributed by atoms with Crippen LogP contribution in [0, 0.1) is 22.0 Å². The molecule has 0 saturated carbocycles. The van der Waals surface area contributed by atoms with Crippen LogP contribution in [0.4, 0.5) is 24.5 Å². The normalized spacial score (nSPS) is 20.6.